The Morgan fingerprint density at radius 2 is 1.73 bits per heavy atom. The van der Waals surface area contributed by atoms with Gasteiger partial charge in [-0.05, 0) is 33.9 Å². The van der Waals surface area contributed by atoms with Gasteiger partial charge in [0.25, 0.3) is 5.95 Å². The maximum absolute atomic E-state index is 12.6. The quantitative estimate of drug-likeness (QED) is 0.471. The number of aromatic nitrogens is 4. The number of rotatable bonds is 8. The molecule has 0 radical (unpaired) electrons. The van der Waals surface area contributed by atoms with Gasteiger partial charge in [0, 0.05) is 12.3 Å². The largest absolute Gasteiger partial charge is 0.481 e. The predicted octanol–water partition coefficient (Wildman–Crippen LogP) is 1.92. The molecule has 11 heteroatoms. The van der Waals surface area contributed by atoms with Gasteiger partial charge in [-0.3, -0.25) is 14.9 Å². The number of hydrogen-bond donors (Lipinski definition) is 3. The molecule has 1 unspecified atom stereocenters. The molecule has 0 saturated heterocycles. The number of alkyl carbamates (subject to hydrolysis) is 1. The van der Waals surface area contributed by atoms with Gasteiger partial charge >= 0.3 is 12.1 Å². The van der Waals surface area contributed by atoms with Crippen LogP contribution in [0.3, 0.4) is 0 Å². The van der Waals surface area contributed by atoms with Gasteiger partial charge in [-0.2, -0.15) is 4.80 Å². The fraction of sp³-hybridized carbons (Fsp3) is 0.273. The number of carbonyl (C=O) groups is 3. The maximum Gasteiger partial charge on any atom is 0.407 e. The molecule has 11 nitrogen and oxygen atoms in total. The first kappa shape index (κ1) is 21.9. The van der Waals surface area contributed by atoms with E-state index >= 15 is 0 Å². The fourth-order valence-electron chi connectivity index (χ4n) is 3.85. The van der Waals surface area contributed by atoms with Crippen molar-refractivity contribution in [1.82, 2.24) is 25.5 Å². The predicted molar refractivity (Wildman–Crippen MR) is 116 cm³/mol. The Kier molecular flexibility index (Phi) is 6.29. The third-order valence-electron chi connectivity index (χ3n) is 5.34. The summed E-state index contributed by atoms with van der Waals surface area (Å²) in [6.45, 7) is 0.0683. The Morgan fingerprint density at radius 3 is 2.30 bits per heavy atom. The van der Waals surface area contributed by atoms with Crippen molar-refractivity contribution < 1.29 is 24.2 Å². The summed E-state index contributed by atoms with van der Waals surface area (Å²) in [5.41, 5.74) is 4.30. The number of nitrogens with one attached hydrogen (secondary N) is 2. The number of hydrogen-bond acceptors (Lipinski definition) is 7. The summed E-state index contributed by atoms with van der Waals surface area (Å²) in [5.74, 6) is -1.96. The molecule has 0 aliphatic heterocycles. The molecule has 1 aliphatic rings. The van der Waals surface area contributed by atoms with Crippen molar-refractivity contribution in [2.24, 2.45) is 7.05 Å². The number of carbonyl (C=O) groups excluding carboxylic acids is 2. The first-order valence-corrected chi connectivity index (χ1v) is 10.3. The second kappa shape index (κ2) is 9.47. The molecule has 4 rings (SSSR count). The summed E-state index contributed by atoms with van der Waals surface area (Å²) in [7, 11) is 1.53. The molecule has 2 amide bonds. The van der Waals surface area contributed by atoms with Crippen molar-refractivity contribution in [3.63, 3.8) is 0 Å². The van der Waals surface area contributed by atoms with Crippen molar-refractivity contribution >= 4 is 23.9 Å². The Bertz CT molecular complexity index is 1150. The molecule has 1 aromatic heterocycles. The zero-order valence-electron chi connectivity index (χ0n) is 17.8. The Balaban J connectivity index is 1.42. The van der Waals surface area contributed by atoms with Crippen LogP contribution in [-0.4, -0.2) is 55.9 Å². The molecule has 0 saturated carbocycles. The van der Waals surface area contributed by atoms with E-state index in [1.54, 1.807) is 0 Å². The summed E-state index contributed by atoms with van der Waals surface area (Å²) in [4.78, 5) is 37.2. The average Bonchev–Trinajstić information content (AvgIpc) is 3.35. The molecule has 2 aromatic carbocycles. The van der Waals surface area contributed by atoms with Crippen molar-refractivity contribution in [1.29, 1.82) is 0 Å². The number of tetrazole rings is 1. The van der Waals surface area contributed by atoms with E-state index in [0.717, 1.165) is 27.1 Å². The molecule has 0 bridgehead atoms. The molecule has 3 aromatic rings. The third-order valence-corrected chi connectivity index (χ3v) is 5.34. The first-order chi connectivity index (χ1) is 15.9. The van der Waals surface area contributed by atoms with Gasteiger partial charge in [-0.25, -0.2) is 4.79 Å². The lowest BCUT2D eigenvalue weighted by molar-refractivity contribution is -0.137. The summed E-state index contributed by atoms with van der Waals surface area (Å²) >= 11 is 0. The lowest BCUT2D eigenvalue weighted by atomic mass is 9.98. The van der Waals surface area contributed by atoms with Crippen LogP contribution in [0, 0.1) is 0 Å². The number of carboxylic acids is 1. The summed E-state index contributed by atoms with van der Waals surface area (Å²) in [6.07, 6.45) is -1.28. The molecular weight excluding hydrogens is 428 g/mol. The van der Waals surface area contributed by atoms with Crippen LogP contribution in [0.4, 0.5) is 10.7 Å². The second-order valence-electron chi connectivity index (χ2n) is 7.55. The number of ether oxygens (including phenoxy) is 1. The highest BCUT2D eigenvalue weighted by Crippen LogP contribution is 2.44. The minimum Gasteiger partial charge on any atom is -0.481 e. The van der Waals surface area contributed by atoms with E-state index in [-0.39, 0.29) is 31.3 Å². The van der Waals surface area contributed by atoms with E-state index in [9.17, 15) is 14.4 Å². The van der Waals surface area contributed by atoms with Crippen LogP contribution < -0.4 is 10.6 Å². The third kappa shape index (κ3) is 4.97. The Hall–Kier alpha value is -4.28. The lowest BCUT2D eigenvalue weighted by Crippen LogP contribution is -2.44. The molecule has 1 aliphatic carbocycles. The smallest absolute Gasteiger partial charge is 0.407 e. The van der Waals surface area contributed by atoms with Crippen LogP contribution in [0.25, 0.3) is 11.1 Å². The number of benzene rings is 2. The van der Waals surface area contributed by atoms with E-state index in [0.29, 0.717) is 0 Å². The lowest BCUT2D eigenvalue weighted by Gasteiger charge is -2.18. The fourth-order valence-corrected chi connectivity index (χ4v) is 3.85. The highest BCUT2D eigenvalue weighted by atomic mass is 16.5. The van der Waals surface area contributed by atoms with Crippen LogP contribution in [0.2, 0.25) is 0 Å². The number of carboxylic acid groups (broad SMARTS) is 1. The highest BCUT2D eigenvalue weighted by molar-refractivity contribution is 5.95. The summed E-state index contributed by atoms with van der Waals surface area (Å²) in [6, 6.07) is 14.7. The van der Waals surface area contributed by atoms with E-state index in [2.05, 4.69) is 26.0 Å². The van der Waals surface area contributed by atoms with Crippen molar-refractivity contribution in [3.05, 3.63) is 59.7 Å². The van der Waals surface area contributed by atoms with Crippen molar-refractivity contribution in [3.8, 4) is 11.1 Å². The van der Waals surface area contributed by atoms with Crippen LogP contribution >= 0.6 is 0 Å². The van der Waals surface area contributed by atoms with Crippen molar-refractivity contribution in [2.75, 3.05) is 11.9 Å². The molecular formula is C22H22N6O5. The number of anilines is 1. The monoisotopic (exact) mass is 450 g/mol. The normalized spacial score (nSPS) is 13.0. The first-order valence-electron chi connectivity index (χ1n) is 10.3. The Morgan fingerprint density at radius 1 is 1.09 bits per heavy atom. The van der Waals surface area contributed by atoms with E-state index in [1.807, 2.05) is 48.5 Å². The molecule has 33 heavy (non-hydrogen) atoms. The molecule has 0 fully saturated rings. The van der Waals surface area contributed by atoms with Gasteiger partial charge in [-0.15, -0.1) is 5.10 Å². The van der Waals surface area contributed by atoms with Crippen LogP contribution in [0.15, 0.2) is 48.5 Å². The van der Waals surface area contributed by atoms with Crippen LogP contribution in [0.5, 0.6) is 0 Å². The SMILES string of the molecule is Cn1nnc(NC(=O)C(CCC(=O)O)NC(=O)OCC2c3ccccc3-c3ccccc32)n1. The van der Waals surface area contributed by atoms with Crippen molar-refractivity contribution in [2.45, 2.75) is 24.8 Å². The minimum atomic E-state index is -1.15. The minimum absolute atomic E-state index is 0.0582. The molecule has 1 heterocycles. The number of nitrogens with zero attached hydrogens (tertiary/aromatic N) is 4. The van der Waals surface area contributed by atoms with Gasteiger partial charge in [0.1, 0.15) is 12.6 Å². The van der Waals surface area contributed by atoms with E-state index in [1.165, 1.54) is 7.05 Å². The molecule has 0 spiro atoms. The number of fused-ring (bicyclic) bond motifs is 3. The van der Waals surface area contributed by atoms with Gasteiger partial charge < -0.3 is 15.2 Å². The maximum atomic E-state index is 12.6. The molecule has 1 atom stereocenters. The average molecular weight is 450 g/mol. The zero-order valence-corrected chi connectivity index (χ0v) is 17.8. The molecule has 170 valence electrons. The van der Waals surface area contributed by atoms with Crippen LogP contribution in [-0.2, 0) is 21.4 Å². The standard InChI is InChI=1S/C22H22N6O5/c1-28-26-21(25-27-28)24-20(31)18(10-11-19(29)30)23-22(32)33-12-17-15-8-4-2-6-13(15)14-7-3-5-9-16(14)17/h2-9,17-18H,10-12H2,1H3,(H,23,32)(H,29,30)(H,24,26,31). The number of amides is 2. The van der Waals surface area contributed by atoms with Gasteiger partial charge in [0.15, 0.2) is 0 Å². The topological polar surface area (TPSA) is 148 Å². The number of aryl methyl sites for hydroxylation is 1. The summed E-state index contributed by atoms with van der Waals surface area (Å²) < 4.78 is 5.46. The van der Waals surface area contributed by atoms with Gasteiger partial charge in [-0.1, -0.05) is 53.6 Å². The van der Waals surface area contributed by atoms with Crippen LogP contribution in [0.1, 0.15) is 29.9 Å². The number of aliphatic carboxylic acids is 1. The Labute approximate surface area is 188 Å². The van der Waals surface area contributed by atoms with E-state index in [4.69, 9.17) is 9.84 Å². The van der Waals surface area contributed by atoms with E-state index < -0.39 is 24.0 Å². The molecule has 3 N–H and O–H groups in total. The van der Waals surface area contributed by atoms with Gasteiger partial charge in [0.2, 0.25) is 5.91 Å². The zero-order chi connectivity index (χ0) is 23.4. The second-order valence-corrected chi connectivity index (χ2v) is 7.55. The van der Waals surface area contributed by atoms with Gasteiger partial charge in [0.05, 0.1) is 7.05 Å². The highest BCUT2D eigenvalue weighted by Gasteiger charge is 2.30. The summed E-state index contributed by atoms with van der Waals surface area (Å²) in [5, 5.41) is 25.0.